The number of aromatic nitrogens is 1. The number of carbonyl (C=O) groups is 1. The van der Waals surface area contributed by atoms with Crippen molar-refractivity contribution in [3.63, 3.8) is 0 Å². The fourth-order valence-electron chi connectivity index (χ4n) is 0.494. The van der Waals surface area contributed by atoms with E-state index in [4.69, 9.17) is 5.11 Å². The largest absolute Gasteiger partial charge is 0.478 e. The second-order valence-corrected chi connectivity index (χ2v) is 1.54. The third kappa shape index (κ3) is 2.03. The second-order valence-electron chi connectivity index (χ2n) is 1.54. The Balaban J connectivity index is 0.000000810. The van der Waals surface area contributed by atoms with E-state index in [0.29, 0.717) is 0 Å². The minimum absolute atomic E-state index is 0. The standard InChI is InChI=1S/C6H5NO2.ClH/c8-6(9)5-1-3-7-4-2-5;/h1-4H,(H,8,9);1H. The first kappa shape index (κ1) is 8.91. The van der Waals surface area contributed by atoms with Gasteiger partial charge in [-0.1, -0.05) is 0 Å². The maximum Gasteiger partial charge on any atom is 0.335 e. The molecule has 1 N–H and O–H groups in total. The van der Waals surface area contributed by atoms with Crippen LogP contribution in [-0.4, -0.2) is 16.1 Å². The van der Waals surface area contributed by atoms with Crippen molar-refractivity contribution in [2.24, 2.45) is 0 Å². The zero-order valence-electron chi connectivity index (χ0n) is 5.02. The summed E-state index contributed by atoms with van der Waals surface area (Å²) in [6, 6.07) is 2.89. The monoisotopic (exact) mass is 159 g/mol. The average molecular weight is 160 g/mol. The fraction of sp³-hybridized carbons (Fsp3) is 0. The van der Waals surface area contributed by atoms with E-state index in [2.05, 4.69) is 4.98 Å². The van der Waals surface area contributed by atoms with Crippen molar-refractivity contribution in [1.82, 2.24) is 4.98 Å². The molecule has 1 rings (SSSR count). The summed E-state index contributed by atoms with van der Waals surface area (Å²) in [5.74, 6) is -0.919. The molecular weight excluding hydrogens is 154 g/mol. The van der Waals surface area contributed by atoms with Gasteiger partial charge in [0.15, 0.2) is 0 Å². The number of hydrogen-bond donors (Lipinski definition) is 1. The lowest BCUT2D eigenvalue weighted by molar-refractivity contribution is 0.0697. The summed E-state index contributed by atoms with van der Waals surface area (Å²) >= 11 is 0. The minimum atomic E-state index is -0.919. The highest BCUT2D eigenvalue weighted by Crippen LogP contribution is 1.93. The molecule has 0 saturated heterocycles. The number of hydrogen-bond acceptors (Lipinski definition) is 2. The first-order valence-corrected chi connectivity index (χ1v) is 2.44. The number of carboxylic acid groups (broad SMARTS) is 1. The van der Waals surface area contributed by atoms with E-state index in [0.717, 1.165) is 0 Å². The van der Waals surface area contributed by atoms with E-state index < -0.39 is 5.97 Å². The molecule has 1 aromatic rings. The van der Waals surface area contributed by atoms with Gasteiger partial charge in [-0.2, -0.15) is 0 Å². The Kier molecular flexibility index (Phi) is 3.43. The highest BCUT2D eigenvalue weighted by atomic mass is 35.5. The molecule has 1 heterocycles. The summed E-state index contributed by atoms with van der Waals surface area (Å²) < 4.78 is 0. The van der Waals surface area contributed by atoms with Crippen LogP contribution in [0.5, 0.6) is 0 Å². The van der Waals surface area contributed by atoms with Crippen LogP contribution < -0.4 is 0 Å². The minimum Gasteiger partial charge on any atom is -0.478 e. The summed E-state index contributed by atoms with van der Waals surface area (Å²) in [4.78, 5) is 13.8. The molecule has 1 aromatic heterocycles. The Hall–Kier alpha value is -1.09. The maximum atomic E-state index is 10.2. The molecule has 0 saturated carbocycles. The van der Waals surface area contributed by atoms with Crippen LogP contribution in [0.3, 0.4) is 0 Å². The molecule has 0 fully saturated rings. The fourth-order valence-corrected chi connectivity index (χ4v) is 0.494. The Morgan fingerprint density at radius 1 is 1.40 bits per heavy atom. The third-order valence-corrected chi connectivity index (χ3v) is 0.927. The van der Waals surface area contributed by atoms with Crippen LogP contribution >= 0.6 is 12.4 Å². The summed E-state index contributed by atoms with van der Waals surface area (Å²) in [5.41, 5.74) is 0.269. The third-order valence-electron chi connectivity index (χ3n) is 0.927. The Bertz CT molecular complexity index is 212. The molecule has 0 amide bonds. The molecule has 3 nitrogen and oxygen atoms in total. The Morgan fingerprint density at radius 2 is 1.90 bits per heavy atom. The Morgan fingerprint density at radius 3 is 2.20 bits per heavy atom. The van der Waals surface area contributed by atoms with Crippen molar-refractivity contribution in [3.8, 4) is 0 Å². The molecule has 0 aliphatic carbocycles. The van der Waals surface area contributed by atoms with E-state index in [1.165, 1.54) is 24.5 Å². The first-order valence-electron chi connectivity index (χ1n) is 2.44. The zero-order chi connectivity index (χ0) is 6.69. The van der Waals surface area contributed by atoms with Gasteiger partial charge in [0, 0.05) is 12.4 Å². The molecular formula is C6H6ClNO2. The van der Waals surface area contributed by atoms with Crippen molar-refractivity contribution in [2.45, 2.75) is 0 Å². The highest BCUT2D eigenvalue weighted by Gasteiger charge is 1.97. The topological polar surface area (TPSA) is 50.2 Å². The molecule has 0 bridgehead atoms. The van der Waals surface area contributed by atoms with Gasteiger partial charge in [0.05, 0.1) is 5.56 Å². The lowest BCUT2D eigenvalue weighted by atomic mass is 10.3. The lowest BCUT2D eigenvalue weighted by Gasteiger charge is -1.87. The molecule has 0 aliphatic heterocycles. The molecule has 0 atom stereocenters. The zero-order valence-corrected chi connectivity index (χ0v) is 5.84. The average Bonchev–Trinajstić information content (AvgIpc) is 1.90. The number of pyridine rings is 1. The quantitative estimate of drug-likeness (QED) is 0.670. The van der Waals surface area contributed by atoms with Crippen LogP contribution in [0.1, 0.15) is 10.4 Å². The van der Waals surface area contributed by atoms with Gasteiger partial charge in [0.25, 0.3) is 0 Å². The summed E-state index contributed by atoms with van der Waals surface area (Å²) in [5, 5.41) is 8.36. The highest BCUT2D eigenvalue weighted by molar-refractivity contribution is 5.87. The first-order chi connectivity index (χ1) is 4.30. The van der Waals surface area contributed by atoms with E-state index in [1.807, 2.05) is 0 Å². The molecule has 0 aromatic carbocycles. The number of rotatable bonds is 1. The second kappa shape index (κ2) is 3.85. The number of halogens is 1. The SMILES string of the molecule is Cl.O=C(O)c1ccncc1. The molecule has 0 spiro atoms. The predicted octanol–water partition coefficient (Wildman–Crippen LogP) is 1.20. The van der Waals surface area contributed by atoms with E-state index in [1.54, 1.807) is 0 Å². The van der Waals surface area contributed by atoms with Gasteiger partial charge in [-0.3, -0.25) is 4.98 Å². The van der Waals surface area contributed by atoms with Crippen molar-refractivity contribution in [2.75, 3.05) is 0 Å². The van der Waals surface area contributed by atoms with Crippen molar-refractivity contribution >= 4 is 18.4 Å². The van der Waals surface area contributed by atoms with Crippen LogP contribution in [0.4, 0.5) is 0 Å². The van der Waals surface area contributed by atoms with Crippen molar-refractivity contribution in [3.05, 3.63) is 30.1 Å². The van der Waals surface area contributed by atoms with Gasteiger partial charge in [-0.15, -0.1) is 12.4 Å². The molecule has 0 unspecified atom stereocenters. The smallest absolute Gasteiger partial charge is 0.335 e. The predicted molar refractivity (Wildman–Crippen MR) is 38.4 cm³/mol. The summed E-state index contributed by atoms with van der Waals surface area (Å²) in [6.45, 7) is 0. The molecule has 10 heavy (non-hydrogen) atoms. The number of nitrogens with zero attached hydrogens (tertiary/aromatic N) is 1. The summed E-state index contributed by atoms with van der Waals surface area (Å²) in [7, 11) is 0. The van der Waals surface area contributed by atoms with Crippen LogP contribution in [0, 0.1) is 0 Å². The molecule has 4 heteroatoms. The van der Waals surface area contributed by atoms with Gasteiger partial charge < -0.3 is 5.11 Å². The van der Waals surface area contributed by atoms with Crippen molar-refractivity contribution in [1.29, 1.82) is 0 Å². The lowest BCUT2D eigenvalue weighted by Crippen LogP contribution is -1.94. The van der Waals surface area contributed by atoms with E-state index in [-0.39, 0.29) is 18.0 Å². The van der Waals surface area contributed by atoms with E-state index >= 15 is 0 Å². The number of aromatic carboxylic acids is 1. The summed E-state index contributed by atoms with van der Waals surface area (Å²) in [6.07, 6.45) is 2.90. The van der Waals surface area contributed by atoms with Crippen LogP contribution in [-0.2, 0) is 0 Å². The maximum absolute atomic E-state index is 10.2. The molecule has 0 aliphatic rings. The van der Waals surface area contributed by atoms with E-state index in [9.17, 15) is 4.79 Å². The molecule has 54 valence electrons. The van der Waals surface area contributed by atoms with Crippen LogP contribution in [0.2, 0.25) is 0 Å². The van der Waals surface area contributed by atoms with Gasteiger partial charge in [0.1, 0.15) is 0 Å². The Labute approximate surface area is 64.1 Å². The molecule has 0 radical (unpaired) electrons. The van der Waals surface area contributed by atoms with Gasteiger partial charge in [-0.05, 0) is 12.1 Å². The van der Waals surface area contributed by atoms with Crippen LogP contribution in [0.15, 0.2) is 24.5 Å². The van der Waals surface area contributed by atoms with Crippen molar-refractivity contribution < 1.29 is 9.90 Å². The van der Waals surface area contributed by atoms with Gasteiger partial charge >= 0.3 is 5.97 Å². The van der Waals surface area contributed by atoms with Crippen LogP contribution in [0.25, 0.3) is 0 Å². The number of carboxylic acids is 1. The normalized spacial score (nSPS) is 8.00. The van der Waals surface area contributed by atoms with Gasteiger partial charge in [0.2, 0.25) is 0 Å². The van der Waals surface area contributed by atoms with Gasteiger partial charge in [-0.25, -0.2) is 4.79 Å².